The summed E-state index contributed by atoms with van der Waals surface area (Å²) in [6.45, 7) is 4.74. The minimum Gasteiger partial charge on any atom is -0.495 e. The van der Waals surface area contributed by atoms with Crippen LogP contribution in [-0.4, -0.2) is 58.1 Å². The molecule has 2 aliphatic heterocycles. The van der Waals surface area contributed by atoms with Gasteiger partial charge in [0.05, 0.1) is 26.0 Å². The highest BCUT2D eigenvalue weighted by Crippen LogP contribution is 2.35. The standard InChI is InChI=1S/C20H30ClN3O2/c1-25-20-6-5-14(21)11-19(20)24-9-7-15(12-24)23-17-4-2-3-16(17)18-13-26-10-8-22-18/h5-6,11,15-18,22-23H,2-4,7-10,12-13H2,1H3. The molecule has 0 aromatic heterocycles. The molecule has 3 fully saturated rings. The van der Waals surface area contributed by atoms with Gasteiger partial charge in [-0.05, 0) is 43.4 Å². The predicted octanol–water partition coefficient (Wildman–Crippen LogP) is 2.67. The number of rotatable bonds is 5. The average Bonchev–Trinajstić information content (AvgIpc) is 3.32. The highest BCUT2D eigenvalue weighted by atomic mass is 35.5. The van der Waals surface area contributed by atoms with E-state index in [0.29, 0.717) is 24.0 Å². The minimum absolute atomic E-state index is 0.509. The molecule has 0 amide bonds. The first kappa shape index (κ1) is 18.4. The first-order valence-corrected chi connectivity index (χ1v) is 10.3. The summed E-state index contributed by atoms with van der Waals surface area (Å²) < 4.78 is 11.2. The van der Waals surface area contributed by atoms with Crippen molar-refractivity contribution in [3.63, 3.8) is 0 Å². The number of ether oxygens (including phenoxy) is 2. The summed E-state index contributed by atoms with van der Waals surface area (Å²) in [5, 5.41) is 8.39. The van der Waals surface area contributed by atoms with Gasteiger partial charge in [-0.25, -0.2) is 0 Å². The van der Waals surface area contributed by atoms with E-state index in [2.05, 4.69) is 15.5 Å². The summed E-state index contributed by atoms with van der Waals surface area (Å²) in [5.74, 6) is 1.59. The van der Waals surface area contributed by atoms with Gasteiger partial charge in [-0.3, -0.25) is 0 Å². The Morgan fingerprint density at radius 2 is 2.23 bits per heavy atom. The third-order valence-corrected chi connectivity index (χ3v) is 6.39. The summed E-state index contributed by atoms with van der Waals surface area (Å²) in [4.78, 5) is 2.40. The molecule has 2 saturated heterocycles. The normalized spacial score (nSPS) is 32.2. The van der Waals surface area contributed by atoms with Crippen LogP contribution in [0.3, 0.4) is 0 Å². The molecular formula is C20H30ClN3O2. The third kappa shape index (κ3) is 3.96. The van der Waals surface area contributed by atoms with Crippen LogP contribution in [-0.2, 0) is 4.74 Å². The Hall–Kier alpha value is -1.01. The lowest BCUT2D eigenvalue weighted by atomic mass is 9.93. The number of nitrogens with zero attached hydrogens (tertiary/aromatic N) is 1. The van der Waals surface area contributed by atoms with Crippen molar-refractivity contribution in [1.82, 2.24) is 10.6 Å². The maximum atomic E-state index is 6.21. The van der Waals surface area contributed by atoms with E-state index in [-0.39, 0.29) is 0 Å². The van der Waals surface area contributed by atoms with Gasteiger partial charge >= 0.3 is 0 Å². The van der Waals surface area contributed by atoms with Gasteiger partial charge in [-0.2, -0.15) is 0 Å². The predicted molar refractivity (Wildman–Crippen MR) is 105 cm³/mol. The molecule has 0 spiro atoms. The van der Waals surface area contributed by atoms with Gasteiger partial charge in [0.1, 0.15) is 5.75 Å². The highest BCUT2D eigenvalue weighted by molar-refractivity contribution is 6.30. The maximum Gasteiger partial charge on any atom is 0.142 e. The molecule has 1 aromatic carbocycles. The molecule has 3 aliphatic rings. The molecule has 2 N–H and O–H groups in total. The number of hydrogen-bond donors (Lipinski definition) is 2. The fourth-order valence-electron chi connectivity index (χ4n) is 4.87. The van der Waals surface area contributed by atoms with Crippen molar-refractivity contribution in [2.24, 2.45) is 5.92 Å². The number of anilines is 1. The minimum atomic E-state index is 0.509. The van der Waals surface area contributed by atoms with Gasteiger partial charge in [0.25, 0.3) is 0 Å². The van der Waals surface area contributed by atoms with Gasteiger partial charge in [0, 0.05) is 42.8 Å². The SMILES string of the molecule is COc1ccc(Cl)cc1N1CCC(NC2CCCC2C2COCCN2)C1. The van der Waals surface area contributed by atoms with Crippen LogP contribution in [0.25, 0.3) is 0 Å². The first-order valence-electron chi connectivity index (χ1n) is 9.90. The second kappa shape index (κ2) is 8.34. The number of hydrogen-bond acceptors (Lipinski definition) is 5. The van der Waals surface area contributed by atoms with Crippen molar-refractivity contribution in [1.29, 1.82) is 0 Å². The Kier molecular flexibility index (Phi) is 5.89. The van der Waals surface area contributed by atoms with E-state index in [1.165, 1.54) is 19.3 Å². The second-order valence-electron chi connectivity index (χ2n) is 7.75. The third-order valence-electron chi connectivity index (χ3n) is 6.16. The van der Waals surface area contributed by atoms with E-state index in [4.69, 9.17) is 21.1 Å². The van der Waals surface area contributed by atoms with E-state index in [0.717, 1.165) is 55.7 Å². The van der Waals surface area contributed by atoms with Crippen LogP contribution in [0, 0.1) is 5.92 Å². The molecular weight excluding hydrogens is 350 g/mol. The molecule has 0 bridgehead atoms. The molecule has 5 nitrogen and oxygen atoms in total. The molecule has 0 radical (unpaired) electrons. The molecule has 4 atom stereocenters. The Balaban J connectivity index is 1.37. The topological polar surface area (TPSA) is 45.8 Å². The van der Waals surface area contributed by atoms with Crippen LogP contribution in [0.4, 0.5) is 5.69 Å². The average molecular weight is 380 g/mol. The van der Waals surface area contributed by atoms with Gasteiger partial charge in [-0.1, -0.05) is 18.0 Å². The largest absolute Gasteiger partial charge is 0.495 e. The lowest BCUT2D eigenvalue weighted by Crippen LogP contribution is -2.52. The number of halogens is 1. The van der Waals surface area contributed by atoms with Crippen LogP contribution in [0.1, 0.15) is 25.7 Å². The van der Waals surface area contributed by atoms with Crippen molar-refractivity contribution in [2.75, 3.05) is 44.9 Å². The van der Waals surface area contributed by atoms with E-state index in [1.54, 1.807) is 7.11 Å². The summed E-state index contributed by atoms with van der Waals surface area (Å²) in [6.07, 6.45) is 5.06. The Bertz CT molecular complexity index is 609. The molecule has 1 aliphatic carbocycles. The van der Waals surface area contributed by atoms with Gasteiger partial charge < -0.3 is 25.0 Å². The van der Waals surface area contributed by atoms with E-state index in [1.807, 2.05) is 18.2 Å². The van der Waals surface area contributed by atoms with Crippen molar-refractivity contribution in [2.45, 2.75) is 43.8 Å². The summed E-state index contributed by atoms with van der Waals surface area (Å²) in [7, 11) is 1.72. The van der Waals surface area contributed by atoms with E-state index in [9.17, 15) is 0 Å². The Morgan fingerprint density at radius 1 is 1.31 bits per heavy atom. The maximum absolute atomic E-state index is 6.21. The van der Waals surface area contributed by atoms with Crippen LogP contribution in [0.2, 0.25) is 5.02 Å². The fraction of sp³-hybridized carbons (Fsp3) is 0.700. The second-order valence-corrected chi connectivity index (χ2v) is 8.19. The van der Waals surface area contributed by atoms with Crippen LogP contribution in [0.15, 0.2) is 18.2 Å². The quantitative estimate of drug-likeness (QED) is 0.823. The van der Waals surface area contributed by atoms with Gasteiger partial charge in [0.15, 0.2) is 0 Å². The molecule has 1 saturated carbocycles. The van der Waals surface area contributed by atoms with E-state index >= 15 is 0 Å². The highest BCUT2D eigenvalue weighted by Gasteiger charge is 2.37. The van der Waals surface area contributed by atoms with Crippen LogP contribution >= 0.6 is 11.6 Å². The number of methoxy groups -OCH3 is 1. The van der Waals surface area contributed by atoms with Gasteiger partial charge in [0.2, 0.25) is 0 Å². The van der Waals surface area contributed by atoms with Crippen LogP contribution < -0.4 is 20.3 Å². The lowest BCUT2D eigenvalue weighted by Gasteiger charge is -2.34. The monoisotopic (exact) mass is 379 g/mol. The number of morpholine rings is 1. The molecule has 4 unspecified atom stereocenters. The number of benzene rings is 1. The molecule has 1 aromatic rings. The zero-order valence-corrected chi connectivity index (χ0v) is 16.3. The molecule has 26 heavy (non-hydrogen) atoms. The smallest absolute Gasteiger partial charge is 0.142 e. The van der Waals surface area contributed by atoms with Crippen molar-refractivity contribution in [3.05, 3.63) is 23.2 Å². The summed E-state index contributed by atoms with van der Waals surface area (Å²) >= 11 is 6.21. The fourth-order valence-corrected chi connectivity index (χ4v) is 5.03. The Labute approximate surface area is 161 Å². The Morgan fingerprint density at radius 3 is 3.04 bits per heavy atom. The molecule has 144 valence electrons. The summed E-state index contributed by atoms with van der Waals surface area (Å²) in [5.41, 5.74) is 1.11. The first-order chi connectivity index (χ1) is 12.7. The van der Waals surface area contributed by atoms with Crippen LogP contribution in [0.5, 0.6) is 5.75 Å². The van der Waals surface area contributed by atoms with Crippen molar-refractivity contribution < 1.29 is 9.47 Å². The molecule has 4 rings (SSSR count). The van der Waals surface area contributed by atoms with Gasteiger partial charge in [-0.15, -0.1) is 0 Å². The van der Waals surface area contributed by atoms with Crippen molar-refractivity contribution >= 4 is 17.3 Å². The lowest BCUT2D eigenvalue weighted by molar-refractivity contribution is 0.0518. The summed E-state index contributed by atoms with van der Waals surface area (Å²) in [6, 6.07) is 7.49. The van der Waals surface area contributed by atoms with E-state index < -0.39 is 0 Å². The molecule has 6 heteroatoms. The van der Waals surface area contributed by atoms with Crippen molar-refractivity contribution in [3.8, 4) is 5.75 Å². The zero-order valence-electron chi connectivity index (χ0n) is 15.5. The number of nitrogens with one attached hydrogen (secondary N) is 2. The zero-order chi connectivity index (χ0) is 17.9. The molecule has 2 heterocycles.